The minimum absolute atomic E-state index is 0.0866. The second kappa shape index (κ2) is 20.0. The number of hydrazine groups is 1. The van der Waals surface area contributed by atoms with E-state index in [1.807, 2.05) is 87.4 Å². The third kappa shape index (κ3) is 13.3. The van der Waals surface area contributed by atoms with Crippen molar-refractivity contribution in [1.82, 2.24) is 21.1 Å². The number of carbonyl (C=O) groups excluding carboxylic acids is 3. The molecule has 1 aliphatic carbocycles. The van der Waals surface area contributed by atoms with Crippen LogP contribution in [-0.4, -0.2) is 69.6 Å². The van der Waals surface area contributed by atoms with Crippen molar-refractivity contribution >= 4 is 50.5 Å². The van der Waals surface area contributed by atoms with E-state index in [9.17, 15) is 14.4 Å². The molecule has 4 N–H and O–H groups in total. The van der Waals surface area contributed by atoms with Crippen LogP contribution in [0.1, 0.15) is 103 Å². The first kappa shape index (κ1) is 50.3. The van der Waals surface area contributed by atoms with Crippen LogP contribution in [-0.2, 0) is 38.1 Å². The van der Waals surface area contributed by atoms with Gasteiger partial charge in [-0.05, 0) is 108 Å². The van der Waals surface area contributed by atoms with Gasteiger partial charge in [-0.1, -0.05) is 138 Å². The van der Waals surface area contributed by atoms with Gasteiger partial charge in [0.15, 0.2) is 16.6 Å². The van der Waals surface area contributed by atoms with Gasteiger partial charge in [-0.15, -0.1) is 0 Å². The molecule has 4 rings (SSSR count). The Balaban J connectivity index is 1.78. The lowest BCUT2D eigenvalue weighted by molar-refractivity contribution is -0.140. The Kier molecular flexibility index (Phi) is 16.5. The van der Waals surface area contributed by atoms with Gasteiger partial charge in [-0.3, -0.25) is 15.0 Å². The summed E-state index contributed by atoms with van der Waals surface area (Å²) in [6, 6.07) is 25.3. The molecule has 13 heteroatoms. The first-order valence-corrected chi connectivity index (χ1v) is 28.3. The fraction of sp³-hybridized carbons (Fsp3) is 0.562. The Hall–Kier alpha value is -3.34. The fourth-order valence-corrected chi connectivity index (χ4v) is 10.4. The summed E-state index contributed by atoms with van der Waals surface area (Å²) < 4.78 is 13.3. The van der Waals surface area contributed by atoms with E-state index in [1.54, 1.807) is 0 Å². The maximum absolute atomic E-state index is 15.7. The standard InChI is InChI=1S/C48H73BrN4O6Si2/c1-45(2,3)41(51-44(56)58-9)42(54)52-53(33-35-24-26-38(49)27-25-35)29-19-28-48(31-34-20-15-14-16-21-34,59-61(12,13)46(4,5)6)43(55)50-40-37(32-47(7,8)60(10,11)57)30-36-22-17-18-23-39(36)40/h14-18,20-27,37,40-41,57H,19,28-33H2,1-13H3,(H,50,55)(H,51,56)(H,52,54)/t37-,40+,41+,48+/m0/s1. The van der Waals surface area contributed by atoms with Crippen LogP contribution in [0.4, 0.5) is 4.79 Å². The Morgan fingerprint density at radius 2 is 1.48 bits per heavy atom. The molecule has 3 amide bonds. The molecule has 0 heterocycles. The second-order valence-corrected chi connectivity index (χ2v) is 31.0. The summed E-state index contributed by atoms with van der Waals surface area (Å²) >= 11 is 3.54. The van der Waals surface area contributed by atoms with Crippen molar-refractivity contribution in [2.24, 2.45) is 11.3 Å². The summed E-state index contributed by atoms with van der Waals surface area (Å²) in [5.74, 6) is -0.433. The molecule has 0 unspecified atom stereocenters. The highest BCUT2D eigenvalue weighted by Crippen LogP contribution is 2.49. The number of nitrogens with one attached hydrogen (secondary N) is 3. The van der Waals surface area contributed by atoms with Crippen molar-refractivity contribution in [3.63, 3.8) is 0 Å². The number of hydrogen-bond acceptors (Lipinski definition) is 7. The Labute approximate surface area is 376 Å². The number of methoxy groups -OCH3 is 1. The molecule has 336 valence electrons. The number of alkyl carbamates (subject to hydrolysis) is 1. The topological polar surface area (TPSA) is 129 Å². The molecule has 1 aliphatic rings. The van der Waals surface area contributed by atoms with E-state index in [1.165, 1.54) is 12.7 Å². The highest BCUT2D eigenvalue weighted by Gasteiger charge is 2.51. The average molecular weight is 938 g/mol. The minimum atomic E-state index is -2.62. The maximum Gasteiger partial charge on any atom is 0.407 e. The smallest absolute Gasteiger partial charge is 0.407 e. The molecule has 0 bridgehead atoms. The van der Waals surface area contributed by atoms with Crippen LogP contribution in [0.25, 0.3) is 0 Å². The summed E-state index contributed by atoms with van der Waals surface area (Å²) in [5.41, 5.74) is 5.55. The van der Waals surface area contributed by atoms with Gasteiger partial charge in [0, 0.05) is 24.0 Å². The Morgan fingerprint density at radius 1 is 0.869 bits per heavy atom. The zero-order valence-electron chi connectivity index (χ0n) is 39.0. The molecule has 0 aliphatic heterocycles. The number of carbonyl (C=O) groups is 3. The summed E-state index contributed by atoms with van der Waals surface area (Å²) in [4.78, 5) is 53.5. The number of amides is 3. The van der Waals surface area contributed by atoms with E-state index < -0.39 is 39.8 Å². The summed E-state index contributed by atoms with van der Waals surface area (Å²) in [7, 11) is -3.90. The third-order valence-electron chi connectivity index (χ3n) is 13.2. The molecule has 10 nitrogen and oxygen atoms in total. The van der Waals surface area contributed by atoms with Gasteiger partial charge < -0.3 is 24.6 Å². The average Bonchev–Trinajstić information content (AvgIpc) is 3.48. The van der Waals surface area contributed by atoms with Crippen LogP contribution in [0, 0.1) is 11.3 Å². The SMILES string of the molecule is COC(=O)N[C@H](C(=O)NN(CCC[C@](Cc1ccccc1)(O[Si](C)(C)C(C)(C)C)C(=O)N[C@H]1c2ccccc2C[C@H]1CC(C)(C)[Si](C)(C)O)Cc1ccc(Br)cc1)C(C)(C)C. The van der Waals surface area contributed by atoms with E-state index in [2.05, 4.69) is 110 Å². The Morgan fingerprint density at radius 3 is 2.05 bits per heavy atom. The normalized spacial score (nSPS) is 17.6. The second-order valence-electron chi connectivity index (χ2n) is 20.8. The number of rotatable bonds is 18. The number of hydrogen-bond donors (Lipinski definition) is 4. The molecule has 0 aromatic heterocycles. The van der Waals surface area contributed by atoms with Crippen LogP contribution in [0.5, 0.6) is 0 Å². The van der Waals surface area contributed by atoms with Gasteiger partial charge in [0.25, 0.3) is 11.8 Å². The molecule has 0 fully saturated rings. The van der Waals surface area contributed by atoms with E-state index >= 15 is 4.79 Å². The highest BCUT2D eigenvalue weighted by atomic mass is 79.9. The maximum atomic E-state index is 15.7. The van der Waals surface area contributed by atoms with Crippen molar-refractivity contribution in [2.75, 3.05) is 13.7 Å². The van der Waals surface area contributed by atoms with Gasteiger partial charge in [-0.25, -0.2) is 9.80 Å². The van der Waals surface area contributed by atoms with Crippen molar-refractivity contribution in [1.29, 1.82) is 0 Å². The fourth-order valence-electron chi connectivity index (χ4n) is 7.84. The van der Waals surface area contributed by atoms with Crippen LogP contribution >= 0.6 is 15.9 Å². The third-order valence-corrected chi connectivity index (χ3v) is 21.8. The first-order chi connectivity index (χ1) is 28.2. The first-order valence-electron chi connectivity index (χ1n) is 21.7. The highest BCUT2D eigenvalue weighted by molar-refractivity contribution is 9.10. The predicted octanol–water partition coefficient (Wildman–Crippen LogP) is 10.2. The molecule has 4 atom stereocenters. The Bertz CT molecular complexity index is 1940. The monoisotopic (exact) mass is 936 g/mol. The number of ether oxygens (including phenoxy) is 1. The molecule has 0 spiro atoms. The number of nitrogens with zero attached hydrogens (tertiary/aromatic N) is 1. The lowest BCUT2D eigenvalue weighted by atomic mass is 9.86. The van der Waals surface area contributed by atoms with Crippen molar-refractivity contribution in [3.05, 3.63) is 106 Å². The van der Waals surface area contributed by atoms with E-state index in [-0.39, 0.29) is 33.9 Å². The summed E-state index contributed by atoms with van der Waals surface area (Å²) in [6.45, 7) is 25.8. The van der Waals surface area contributed by atoms with Gasteiger partial charge >= 0.3 is 6.09 Å². The van der Waals surface area contributed by atoms with Gasteiger partial charge in [-0.2, -0.15) is 0 Å². The summed E-state index contributed by atoms with van der Waals surface area (Å²) in [5, 5.41) is 7.72. The number of benzene rings is 3. The van der Waals surface area contributed by atoms with Crippen LogP contribution in [0.3, 0.4) is 0 Å². The lowest BCUT2D eigenvalue weighted by Crippen LogP contribution is -2.59. The van der Waals surface area contributed by atoms with E-state index in [0.717, 1.165) is 34.0 Å². The van der Waals surface area contributed by atoms with E-state index in [4.69, 9.17) is 9.16 Å². The molecule has 3 aromatic carbocycles. The molecule has 0 saturated carbocycles. The van der Waals surface area contributed by atoms with Gasteiger partial charge in [0.05, 0.1) is 13.2 Å². The molecule has 0 radical (unpaired) electrons. The predicted molar refractivity (Wildman–Crippen MR) is 255 cm³/mol. The largest absolute Gasteiger partial charge is 0.453 e. The summed E-state index contributed by atoms with van der Waals surface area (Å²) in [6.07, 6.45) is 2.13. The van der Waals surface area contributed by atoms with Crippen molar-refractivity contribution in [3.8, 4) is 0 Å². The minimum Gasteiger partial charge on any atom is -0.453 e. The molecular formula is C48H73BrN4O6Si2. The van der Waals surface area contributed by atoms with Gasteiger partial charge in [0.1, 0.15) is 11.6 Å². The van der Waals surface area contributed by atoms with Gasteiger partial charge in [0.2, 0.25) is 0 Å². The molecule has 3 aromatic rings. The number of fused-ring (bicyclic) bond motifs is 1. The quantitative estimate of drug-likeness (QED) is 0.0739. The van der Waals surface area contributed by atoms with Crippen LogP contribution < -0.4 is 16.1 Å². The molecular weight excluding hydrogens is 865 g/mol. The number of halogens is 1. The van der Waals surface area contributed by atoms with Crippen LogP contribution in [0.15, 0.2) is 83.3 Å². The molecule has 61 heavy (non-hydrogen) atoms. The zero-order valence-corrected chi connectivity index (χ0v) is 42.6. The van der Waals surface area contributed by atoms with Crippen molar-refractivity contribution in [2.45, 2.75) is 148 Å². The zero-order chi connectivity index (χ0) is 45.6. The molecule has 0 saturated heterocycles. The van der Waals surface area contributed by atoms with E-state index in [0.29, 0.717) is 32.4 Å². The van der Waals surface area contributed by atoms with Crippen molar-refractivity contribution < 1.29 is 28.3 Å². The van der Waals surface area contributed by atoms with Crippen LogP contribution in [0.2, 0.25) is 36.3 Å². The lowest BCUT2D eigenvalue weighted by Gasteiger charge is -2.46.